The number of pyridine rings is 2. The van der Waals surface area contributed by atoms with Gasteiger partial charge in [0.15, 0.2) is 0 Å². The van der Waals surface area contributed by atoms with Crippen molar-refractivity contribution in [3.05, 3.63) is 192 Å². The number of para-hydroxylation sites is 2. The Morgan fingerprint density at radius 3 is 1.03 bits per heavy atom. The predicted octanol–water partition coefficient (Wildman–Crippen LogP) is 10.9. The lowest BCUT2D eigenvalue weighted by atomic mass is 9.98. The second kappa shape index (κ2) is 13.8. The molecule has 4 aromatic heterocycles. The highest BCUT2D eigenvalue weighted by atomic mass is 16.4. The van der Waals surface area contributed by atoms with Crippen molar-refractivity contribution in [2.75, 3.05) is 0 Å². The van der Waals surface area contributed by atoms with E-state index in [2.05, 4.69) is 32.5 Å². The summed E-state index contributed by atoms with van der Waals surface area (Å²) in [6.07, 6.45) is 0. The van der Waals surface area contributed by atoms with E-state index in [0.29, 0.717) is 57.7 Å². The van der Waals surface area contributed by atoms with Crippen molar-refractivity contribution in [2.24, 2.45) is 9.98 Å². The van der Waals surface area contributed by atoms with E-state index in [0.717, 1.165) is 55.2 Å². The number of hydrogen-bond donors (Lipinski definition) is 0. The normalized spacial score (nSPS) is 12.3. The van der Waals surface area contributed by atoms with Crippen molar-refractivity contribution in [3.8, 4) is 45.8 Å². The Hall–Kier alpha value is -8.24. The van der Waals surface area contributed by atoms with E-state index in [9.17, 15) is 0 Å². The zero-order valence-corrected chi connectivity index (χ0v) is 30.6. The van der Waals surface area contributed by atoms with Gasteiger partial charge in [0, 0.05) is 44.2 Å². The Kier molecular flexibility index (Phi) is 7.88. The lowest BCUT2D eigenvalue weighted by molar-refractivity contribution is 0.584. The van der Waals surface area contributed by atoms with Crippen LogP contribution in [0.15, 0.2) is 189 Å². The molecule has 0 spiro atoms. The molecule has 0 amide bonds. The number of nitrogens with zero attached hydrogens (tertiary/aromatic N) is 8. The fourth-order valence-corrected chi connectivity index (χ4v) is 7.09. The van der Waals surface area contributed by atoms with Gasteiger partial charge in [0.05, 0.1) is 33.8 Å². The molecule has 1 aliphatic heterocycles. The molecule has 11 rings (SSSR count). The van der Waals surface area contributed by atoms with E-state index in [-0.39, 0.29) is 0 Å². The summed E-state index contributed by atoms with van der Waals surface area (Å²) < 4.78 is 12.1. The molecule has 272 valence electrons. The van der Waals surface area contributed by atoms with Crippen LogP contribution in [0.25, 0.3) is 67.6 Å². The predicted molar refractivity (Wildman–Crippen MR) is 224 cm³/mol. The molecule has 0 unspecified atom stereocenters. The van der Waals surface area contributed by atoms with E-state index >= 15 is 0 Å². The van der Waals surface area contributed by atoms with Gasteiger partial charge in [0.1, 0.15) is 11.4 Å². The van der Waals surface area contributed by atoms with E-state index in [1.807, 2.05) is 158 Å². The lowest BCUT2D eigenvalue weighted by Gasteiger charge is -2.18. The number of hydrogen-bond acceptors (Lipinski definition) is 10. The van der Waals surface area contributed by atoms with E-state index in [1.165, 1.54) is 0 Å². The van der Waals surface area contributed by atoms with Crippen LogP contribution in [0, 0.1) is 0 Å². The van der Waals surface area contributed by atoms with Crippen LogP contribution in [0.1, 0.15) is 22.5 Å². The van der Waals surface area contributed by atoms with E-state index < -0.39 is 0 Å². The summed E-state index contributed by atoms with van der Waals surface area (Å²) in [7, 11) is 0. The van der Waals surface area contributed by atoms with Crippen LogP contribution in [-0.2, 0) is 0 Å². The van der Waals surface area contributed by atoms with Gasteiger partial charge in [-0.3, -0.25) is 0 Å². The monoisotopic (exact) mass is 748 g/mol. The second-order valence-electron chi connectivity index (χ2n) is 13.7. The third-order valence-electron chi connectivity index (χ3n) is 10.0. The van der Waals surface area contributed by atoms with E-state index in [4.69, 9.17) is 28.8 Å². The maximum Gasteiger partial charge on any atom is 0.248 e. The zero-order chi connectivity index (χ0) is 38.4. The number of benzene rings is 6. The average Bonchev–Trinajstić information content (AvgIpc) is 3.99. The topological polar surface area (TPSA) is 128 Å². The Labute approximate surface area is 331 Å². The highest BCUT2D eigenvalue weighted by Crippen LogP contribution is 2.36. The van der Waals surface area contributed by atoms with Gasteiger partial charge in [0.25, 0.3) is 0 Å². The molecule has 0 saturated heterocycles. The number of aromatic nitrogens is 6. The molecular weight excluding hydrogens is 721 g/mol. The molecule has 0 saturated carbocycles. The van der Waals surface area contributed by atoms with Crippen molar-refractivity contribution >= 4 is 44.6 Å². The molecule has 0 aliphatic carbocycles. The Bertz CT molecular complexity index is 2990. The molecule has 0 N–H and O–H groups in total. The number of aliphatic imine (C=N–C) groups is 2. The van der Waals surface area contributed by atoms with Gasteiger partial charge in [-0.25, -0.2) is 20.0 Å². The van der Waals surface area contributed by atoms with Crippen LogP contribution in [0.4, 0.5) is 11.4 Å². The summed E-state index contributed by atoms with van der Waals surface area (Å²) in [4.78, 5) is 21.2. The maximum absolute atomic E-state index is 6.07. The summed E-state index contributed by atoms with van der Waals surface area (Å²) >= 11 is 0. The highest BCUT2D eigenvalue weighted by molar-refractivity contribution is 6.22. The Morgan fingerprint density at radius 2 is 0.638 bits per heavy atom. The molecule has 10 heteroatoms. The molecule has 0 fully saturated rings. The SMILES string of the molecule is c1ccc(-c2nnc(-c3ccc(C4=Nc5cc6ccccc6nc5C(c5ccc(-c6nnc(-c7ccccc7)o6)cc5)=Nc5cc6ccccc6nc54)cc3)o2)cc1. The molecule has 58 heavy (non-hydrogen) atoms. The standard InChI is InChI=1S/C48H28N8O2/c1-3-11-31(12-4-1)45-53-55-47(57-45)33-23-19-29(20-24-33)41-43-39(27-35-15-7-9-17-37(35)49-43)52-42(44-40(51-41)28-36-16-8-10-18-38(36)50-44)30-21-25-34(26-22-30)48-56-54-46(58-48)32-13-5-2-6-14-32/h1-28H. The first kappa shape index (κ1) is 33.1. The summed E-state index contributed by atoms with van der Waals surface area (Å²) in [5, 5.41) is 19.2. The minimum Gasteiger partial charge on any atom is -0.416 e. The summed E-state index contributed by atoms with van der Waals surface area (Å²) in [5.41, 5.74) is 10.5. The largest absolute Gasteiger partial charge is 0.416 e. The van der Waals surface area contributed by atoms with Crippen LogP contribution in [0.5, 0.6) is 0 Å². The van der Waals surface area contributed by atoms with Gasteiger partial charge in [-0.05, 0) is 72.8 Å². The minimum absolute atomic E-state index is 0.423. The average molecular weight is 749 g/mol. The van der Waals surface area contributed by atoms with Gasteiger partial charge >= 0.3 is 0 Å². The van der Waals surface area contributed by atoms with Gasteiger partial charge in [0.2, 0.25) is 23.6 Å². The van der Waals surface area contributed by atoms with Crippen molar-refractivity contribution in [1.82, 2.24) is 30.4 Å². The minimum atomic E-state index is 0.423. The highest BCUT2D eigenvalue weighted by Gasteiger charge is 2.24. The smallest absolute Gasteiger partial charge is 0.248 e. The molecule has 1 aliphatic rings. The Morgan fingerprint density at radius 1 is 0.310 bits per heavy atom. The molecule has 0 bridgehead atoms. The van der Waals surface area contributed by atoms with Crippen molar-refractivity contribution in [3.63, 3.8) is 0 Å². The van der Waals surface area contributed by atoms with E-state index in [1.54, 1.807) is 0 Å². The maximum atomic E-state index is 6.07. The quantitative estimate of drug-likeness (QED) is 0.164. The van der Waals surface area contributed by atoms with Gasteiger partial charge < -0.3 is 8.83 Å². The molecule has 10 aromatic rings. The van der Waals surface area contributed by atoms with Crippen molar-refractivity contribution in [1.29, 1.82) is 0 Å². The van der Waals surface area contributed by atoms with Crippen molar-refractivity contribution < 1.29 is 8.83 Å². The first-order valence-electron chi connectivity index (χ1n) is 18.7. The van der Waals surface area contributed by atoms with Crippen LogP contribution in [0.3, 0.4) is 0 Å². The zero-order valence-electron chi connectivity index (χ0n) is 30.6. The first-order chi connectivity index (χ1) is 28.7. The second-order valence-corrected chi connectivity index (χ2v) is 13.7. The molecule has 0 atom stereocenters. The summed E-state index contributed by atoms with van der Waals surface area (Å²) in [5.74, 6) is 1.76. The molecule has 5 heterocycles. The van der Waals surface area contributed by atoms with Gasteiger partial charge in [-0.2, -0.15) is 0 Å². The van der Waals surface area contributed by atoms with Crippen LogP contribution in [0.2, 0.25) is 0 Å². The van der Waals surface area contributed by atoms with Crippen LogP contribution in [-0.4, -0.2) is 41.8 Å². The fourth-order valence-electron chi connectivity index (χ4n) is 7.09. The lowest BCUT2D eigenvalue weighted by Crippen LogP contribution is -2.13. The van der Waals surface area contributed by atoms with Gasteiger partial charge in [-0.15, -0.1) is 20.4 Å². The molecule has 0 radical (unpaired) electrons. The molecule has 6 aromatic carbocycles. The van der Waals surface area contributed by atoms with Crippen molar-refractivity contribution in [2.45, 2.75) is 0 Å². The third-order valence-corrected chi connectivity index (χ3v) is 10.0. The number of rotatable bonds is 6. The summed E-state index contributed by atoms with van der Waals surface area (Å²) in [6.45, 7) is 0. The fraction of sp³-hybridized carbons (Fsp3) is 0. The molecular formula is C48H28N8O2. The molecule has 10 nitrogen and oxygen atoms in total. The van der Waals surface area contributed by atoms with Crippen LogP contribution >= 0.6 is 0 Å². The Balaban J connectivity index is 1.05. The summed E-state index contributed by atoms with van der Waals surface area (Å²) in [6, 6.07) is 55.5. The number of fused-ring (bicyclic) bond motifs is 4. The van der Waals surface area contributed by atoms with Crippen LogP contribution < -0.4 is 0 Å². The third kappa shape index (κ3) is 6.02. The first-order valence-corrected chi connectivity index (χ1v) is 18.7. The van der Waals surface area contributed by atoms with Gasteiger partial charge in [-0.1, -0.05) is 97.1 Å².